The Morgan fingerprint density at radius 2 is 2.04 bits per heavy atom. The van der Waals surface area contributed by atoms with Crippen molar-refractivity contribution in [2.75, 3.05) is 30.9 Å². The number of nitrogens with zero attached hydrogens (tertiary/aromatic N) is 3. The highest BCUT2D eigenvalue weighted by Crippen LogP contribution is 2.35. The molecular formula is C14H15Cl2N5O3. The molecule has 1 aromatic carbocycles. The molecule has 0 aliphatic carbocycles. The Morgan fingerprint density at radius 1 is 1.29 bits per heavy atom. The van der Waals surface area contributed by atoms with Gasteiger partial charge in [-0.25, -0.2) is 9.97 Å². The van der Waals surface area contributed by atoms with E-state index < -0.39 is 4.92 Å². The van der Waals surface area contributed by atoms with Gasteiger partial charge >= 0.3 is 5.69 Å². The first-order valence-electron chi connectivity index (χ1n) is 6.97. The van der Waals surface area contributed by atoms with Gasteiger partial charge in [-0.2, -0.15) is 0 Å². The minimum atomic E-state index is -0.556. The highest BCUT2D eigenvalue weighted by Gasteiger charge is 2.23. The molecule has 2 rings (SSSR count). The molecule has 0 saturated heterocycles. The van der Waals surface area contributed by atoms with Gasteiger partial charge in [0.05, 0.1) is 20.7 Å². The highest BCUT2D eigenvalue weighted by molar-refractivity contribution is 6.43. The molecule has 1 heterocycles. The average Bonchev–Trinajstić information content (AvgIpc) is 2.56. The molecule has 0 radical (unpaired) electrons. The normalized spacial score (nSPS) is 10.5. The molecule has 0 aliphatic rings. The Kier molecular flexibility index (Phi) is 6.53. The van der Waals surface area contributed by atoms with Crippen LogP contribution in [-0.2, 0) is 4.74 Å². The highest BCUT2D eigenvalue weighted by atomic mass is 35.5. The van der Waals surface area contributed by atoms with Crippen molar-refractivity contribution < 1.29 is 9.66 Å². The van der Waals surface area contributed by atoms with E-state index in [1.54, 1.807) is 25.3 Å². The maximum absolute atomic E-state index is 11.4. The summed E-state index contributed by atoms with van der Waals surface area (Å²) in [5.74, 6) is 0.139. The van der Waals surface area contributed by atoms with Crippen LogP contribution in [-0.4, -0.2) is 35.2 Å². The van der Waals surface area contributed by atoms with E-state index in [0.29, 0.717) is 30.3 Å². The smallest absolute Gasteiger partial charge is 0.353 e. The fraction of sp³-hybridized carbons (Fsp3) is 0.286. The monoisotopic (exact) mass is 371 g/mol. The third kappa shape index (κ3) is 4.44. The van der Waals surface area contributed by atoms with Gasteiger partial charge in [-0.05, 0) is 18.6 Å². The number of nitro groups is 1. The summed E-state index contributed by atoms with van der Waals surface area (Å²) in [5, 5.41) is 17.8. The molecule has 0 bridgehead atoms. The first kappa shape index (κ1) is 18.2. The van der Waals surface area contributed by atoms with Gasteiger partial charge in [-0.3, -0.25) is 10.1 Å². The molecule has 0 saturated carbocycles. The zero-order valence-corrected chi connectivity index (χ0v) is 14.3. The van der Waals surface area contributed by atoms with Gasteiger partial charge in [-0.1, -0.05) is 29.3 Å². The summed E-state index contributed by atoms with van der Waals surface area (Å²) in [6.45, 7) is 1.01. The quantitative estimate of drug-likeness (QED) is 0.412. The van der Waals surface area contributed by atoms with Crippen LogP contribution in [0.4, 0.5) is 23.0 Å². The number of hydrogen-bond acceptors (Lipinski definition) is 7. The predicted octanol–water partition coefficient (Wildman–Crippen LogP) is 3.88. The number of methoxy groups -OCH3 is 1. The zero-order valence-electron chi connectivity index (χ0n) is 12.8. The van der Waals surface area contributed by atoms with Gasteiger partial charge in [0.2, 0.25) is 11.6 Å². The lowest BCUT2D eigenvalue weighted by atomic mass is 10.3. The van der Waals surface area contributed by atoms with Crippen LogP contribution in [0.5, 0.6) is 0 Å². The summed E-state index contributed by atoms with van der Waals surface area (Å²) in [4.78, 5) is 18.8. The van der Waals surface area contributed by atoms with Crippen molar-refractivity contribution in [2.45, 2.75) is 6.42 Å². The molecule has 0 amide bonds. The number of anilines is 3. The van der Waals surface area contributed by atoms with Crippen molar-refractivity contribution in [3.05, 3.63) is 44.7 Å². The van der Waals surface area contributed by atoms with Crippen molar-refractivity contribution in [1.82, 2.24) is 9.97 Å². The molecule has 8 nitrogen and oxygen atoms in total. The summed E-state index contributed by atoms with van der Waals surface area (Å²) in [7, 11) is 1.59. The van der Waals surface area contributed by atoms with Crippen molar-refractivity contribution >= 4 is 46.2 Å². The predicted molar refractivity (Wildman–Crippen MR) is 93.4 cm³/mol. The van der Waals surface area contributed by atoms with Gasteiger partial charge in [0.25, 0.3) is 0 Å². The zero-order chi connectivity index (χ0) is 17.5. The fourth-order valence-corrected chi connectivity index (χ4v) is 2.27. The van der Waals surface area contributed by atoms with Crippen LogP contribution >= 0.6 is 23.2 Å². The van der Waals surface area contributed by atoms with E-state index in [2.05, 4.69) is 20.6 Å². The maximum atomic E-state index is 11.4. The van der Waals surface area contributed by atoms with Crippen LogP contribution in [0.2, 0.25) is 10.0 Å². The summed E-state index contributed by atoms with van der Waals surface area (Å²) >= 11 is 12.0. The van der Waals surface area contributed by atoms with Crippen LogP contribution in [0.15, 0.2) is 24.5 Å². The maximum Gasteiger partial charge on any atom is 0.353 e. The van der Waals surface area contributed by atoms with E-state index in [4.69, 9.17) is 27.9 Å². The first-order valence-corrected chi connectivity index (χ1v) is 7.73. The van der Waals surface area contributed by atoms with Gasteiger partial charge in [0, 0.05) is 20.3 Å². The number of ether oxygens (including phenoxy) is 1. The summed E-state index contributed by atoms with van der Waals surface area (Å²) < 4.78 is 4.94. The van der Waals surface area contributed by atoms with Crippen molar-refractivity contribution in [3.8, 4) is 0 Å². The Hall–Kier alpha value is -2.16. The van der Waals surface area contributed by atoms with Gasteiger partial charge in [0.15, 0.2) is 0 Å². The molecule has 0 atom stereocenters. The van der Waals surface area contributed by atoms with E-state index in [9.17, 15) is 10.1 Å². The van der Waals surface area contributed by atoms with E-state index >= 15 is 0 Å². The number of hydrogen-bond donors (Lipinski definition) is 2. The summed E-state index contributed by atoms with van der Waals surface area (Å²) in [5.41, 5.74) is 0.141. The van der Waals surface area contributed by atoms with Crippen molar-refractivity contribution in [1.29, 1.82) is 0 Å². The molecule has 0 aliphatic heterocycles. The Labute approximate surface area is 148 Å². The third-order valence-electron chi connectivity index (χ3n) is 3.03. The van der Waals surface area contributed by atoms with Gasteiger partial charge in [0.1, 0.15) is 6.33 Å². The second-order valence-corrected chi connectivity index (χ2v) is 5.46. The number of nitrogens with one attached hydrogen (secondary N) is 2. The SMILES string of the molecule is COCCCNc1ncnc(Nc2cccc(Cl)c2Cl)c1[N+](=O)[O-]. The second-order valence-electron chi connectivity index (χ2n) is 4.68. The Morgan fingerprint density at radius 3 is 2.75 bits per heavy atom. The molecular weight excluding hydrogens is 357 g/mol. The minimum Gasteiger partial charge on any atom is -0.385 e. The average molecular weight is 372 g/mol. The van der Waals surface area contributed by atoms with Crippen LogP contribution in [0.3, 0.4) is 0 Å². The van der Waals surface area contributed by atoms with E-state index in [1.165, 1.54) is 6.33 Å². The molecule has 1 aromatic heterocycles. The Balaban J connectivity index is 2.29. The lowest BCUT2D eigenvalue weighted by Gasteiger charge is -2.11. The van der Waals surface area contributed by atoms with Gasteiger partial charge < -0.3 is 15.4 Å². The number of halogens is 2. The topological polar surface area (TPSA) is 102 Å². The molecule has 2 N–H and O–H groups in total. The fourth-order valence-electron chi connectivity index (χ4n) is 1.92. The van der Waals surface area contributed by atoms with Crippen molar-refractivity contribution in [3.63, 3.8) is 0 Å². The largest absolute Gasteiger partial charge is 0.385 e. The van der Waals surface area contributed by atoms with Crippen LogP contribution in [0.1, 0.15) is 6.42 Å². The number of rotatable bonds is 8. The van der Waals surface area contributed by atoms with Crippen LogP contribution < -0.4 is 10.6 Å². The lowest BCUT2D eigenvalue weighted by Crippen LogP contribution is -2.10. The molecule has 128 valence electrons. The number of aromatic nitrogens is 2. The first-order chi connectivity index (χ1) is 11.5. The van der Waals surface area contributed by atoms with E-state index in [1.807, 2.05) is 0 Å². The molecule has 2 aromatic rings. The molecule has 24 heavy (non-hydrogen) atoms. The molecule has 0 unspecified atom stereocenters. The summed E-state index contributed by atoms with van der Waals surface area (Å²) in [6, 6.07) is 4.94. The van der Waals surface area contributed by atoms with Crippen LogP contribution in [0, 0.1) is 10.1 Å². The Bertz CT molecular complexity index is 730. The standard InChI is InChI=1S/C14H15Cl2N5O3/c1-24-7-3-6-17-13-12(21(22)23)14(19-8-18-13)20-10-5-2-4-9(15)11(10)16/h2,4-5,8H,3,6-7H2,1H3,(H2,17,18,19,20). The van der Waals surface area contributed by atoms with E-state index in [0.717, 1.165) is 0 Å². The molecule has 0 fully saturated rings. The number of benzene rings is 1. The molecule has 0 spiro atoms. The second kappa shape index (κ2) is 8.62. The third-order valence-corrected chi connectivity index (χ3v) is 3.85. The lowest BCUT2D eigenvalue weighted by molar-refractivity contribution is -0.383. The summed E-state index contributed by atoms with van der Waals surface area (Å²) in [6.07, 6.45) is 1.91. The molecule has 10 heteroatoms. The van der Waals surface area contributed by atoms with Crippen molar-refractivity contribution in [2.24, 2.45) is 0 Å². The van der Waals surface area contributed by atoms with E-state index in [-0.39, 0.29) is 22.3 Å². The van der Waals surface area contributed by atoms with Gasteiger partial charge in [-0.15, -0.1) is 0 Å². The van der Waals surface area contributed by atoms with Crippen LogP contribution in [0.25, 0.3) is 0 Å². The minimum absolute atomic E-state index is 0.0217.